The van der Waals surface area contributed by atoms with Crippen LogP contribution in [0.25, 0.3) is 0 Å². The number of ether oxygens (including phenoxy) is 1. The van der Waals surface area contributed by atoms with Crippen LogP contribution in [0.2, 0.25) is 0 Å². The Morgan fingerprint density at radius 3 is 2.71 bits per heavy atom. The van der Waals surface area contributed by atoms with Gasteiger partial charge in [-0.3, -0.25) is 0 Å². The summed E-state index contributed by atoms with van der Waals surface area (Å²) in [5.41, 5.74) is 4.78. The number of nitrogens with one attached hydrogen (secondary N) is 1. The number of aryl methyl sites for hydroxylation is 1. The average molecular weight is 285 g/mol. The van der Waals surface area contributed by atoms with Crippen LogP contribution in [-0.2, 0) is 12.8 Å². The van der Waals surface area contributed by atoms with E-state index >= 15 is 0 Å². The van der Waals surface area contributed by atoms with Gasteiger partial charge >= 0.3 is 0 Å². The maximum absolute atomic E-state index is 13.7. The number of methoxy groups -OCH3 is 1. The van der Waals surface area contributed by atoms with Crippen LogP contribution in [0.4, 0.5) is 10.1 Å². The van der Waals surface area contributed by atoms with Gasteiger partial charge in [0, 0.05) is 11.7 Å². The Hall–Kier alpha value is -2.03. The lowest BCUT2D eigenvalue weighted by Gasteiger charge is -2.24. The van der Waals surface area contributed by atoms with Gasteiger partial charge in [-0.05, 0) is 61.1 Å². The number of hydrogen-bond acceptors (Lipinski definition) is 2. The molecule has 0 saturated heterocycles. The number of anilines is 1. The van der Waals surface area contributed by atoms with Crippen LogP contribution in [-0.4, -0.2) is 13.2 Å². The standard InChI is InChI=1S/C18H20FNO/c1-12-3-6-15-10-13(4-7-17(15)20-12)9-14-5-8-18(21-2)16(19)11-14/h4-5,7-8,10-12,20H,3,6,9H2,1-2H3. The summed E-state index contributed by atoms with van der Waals surface area (Å²) in [7, 11) is 1.48. The van der Waals surface area contributed by atoms with E-state index in [-0.39, 0.29) is 5.82 Å². The summed E-state index contributed by atoms with van der Waals surface area (Å²) in [5, 5.41) is 3.50. The molecule has 2 aromatic carbocycles. The second-order valence-corrected chi connectivity index (χ2v) is 5.72. The molecule has 0 saturated carbocycles. The molecular weight excluding hydrogens is 265 g/mol. The Labute approximate surface area is 125 Å². The zero-order chi connectivity index (χ0) is 14.8. The van der Waals surface area contributed by atoms with Crippen molar-refractivity contribution in [3.63, 3.8) is 0 Å². The molecule has 1 heterocycles. The molecule has 0 amide bonds. The summed E-state index contributed by atoms with van der Waals surface area (Å²) in [6.07, 6.45) is 3.01. The second kappa shape index (κ2) is 5.76. The van der Waals surface area contributed by atoms with Gasteiger partial charge in [-0.2, -0.15) is 0 Å². The predicted molar refractivity (Wildman–Crippen MR) is 83.6 cm³/mol. The molecule has 2 aromatic rings. The van der Waals surface area contributed by atoms with E-state index in [9.17, 15) is 4.39 Å². The predicted octanol–water partition coefficient (Wildman–Crippen LogP) is 4.17. The van der Waals surface area contributed by atoms with Crippen molar-refractivity contribution in [2.24, 2.45) is 0 Å². The highest BCUT2D eigenvalue weighted by atomic mass is 19.1. The summed E-state index contributed by atoms with van der Waals surface area (Å²) < 4.78 is 18.7. The molecule has 0 aliphatic carbocycles. The van der Waals surface area contributed by atoms with Crippen LogP contribution in [0.3, 0.4) is 0 Å². The van der Waals surface area contributed by atoms with E-state index in [1.165, 1.54) is 23.9 Å². The first-order valence-electron chi connectivity index (χ1n) is 7.36. The Bertz CT molecular complexity index is 654. The molecule has 0 fully saturated rings. The Kier molecular flexibility index (Phi) is 3.82. The monoisotopic (exact) mass is 285 g/mol. The van der Waals surface area contributed by atoms with Crippen LogP contribution in [0.1, 0.15) is 30.0 Å². The van der Waals surface area contributed by atoms with E-state index in [1.54, 1.807) is 12.1 Å². The van der Waals surface area contributed by atoms with Crippen LogP contribution in [0.5, 0.6) is 5.75 Å². The molecule has 1 aliphatic rings. The quantitative estimate of drug-likeness (QED) is 0.913. The minimum Gasteiger partial charge on any atom is -0.494 e. The van der Waals surface area contributed by atoms with E-state index in [1.807, 2.05) is 6.07 Å². The van der Waals surface area contributed by atoms with Crippen LogP contribution in [0.15, 0.2) is 36.4 Å². The third-order valence-corrected chi connectivity index (χ3v) is 4.04. The summed E-state index contributed by atoms with van der Waals surface area (Å²) >= 11 is 0. The smallest absolute Gasteiger partial charge is 0.165 e. The van der Waals surface area contributed by atoms with Gasteiger partial charge in [0.2, 0.25) is 0 Å². The average Bonchev–Trinajstić information content (AvgIpc) is 2.48. The zero-order valence-corrected chi connectivity index (χ0v) is 12.4. The normalized spacial score (nSPS) is 17.0. The van der Waals surface area contributed by atoms with Crippen molar-refractivity contribution in [2.45, 2.75) is 32.2 Å². The SMILES string of the molecule is COc1ccc(Cc2ccc3c(c2)CCC(C)N3)cc1F. The minimum absolute atomic E-state index is 0.294. The fraction of sp³-hybridized carbons (Fsp3) is 0.333. The molecule has 1 unspecified atom stereocenters. The highest BCUT2D eigenvalue weighted by Crippen LogP contribution is 2.27. The van der Waals surface area contributed by atoms with E-state index in [2.05, 4.69) is 30.4 Å². The van der Waals surface area contributed by atoms with Crippen molar-refractivity contribution in [1.82, 2.24) is 0 Å². The molecule has 3 heteroatoms. The highest BCUT2D eigenvalue weighted by Gasteiger charge is 2.14. The van der Waals surface area contributed by atoms with Crippen molar-refractivity contribution in [3.8, 4) is 5.75 Å². The van der Waals surface area contributed by atoms with E-state index in [4.69, 9.17) is 4.74 Å². The van der Waals surface area contributed by atoms with E-state index in [0.717, 1.165) is 24.8 Å². The summed E-state index contributed by atoms with van der Waals surface area (Å²) in [5.74, 6) is -0.00849. The highest BCUT2D eigenvalue weighted by molar-refractivity contribution is 5.55. The number of rotatable bonds is 3. The molecule has 1 atom stereocenters. The second-order valence-electron chi connectivity index (χ2n) is 5.72. The maximum Gasteiger partial charge on any atom is 0.165 e. The molecule has 0 aromatic heterocycles. The third kappa shape index (κ3) is 3.02. The summed E-state index contributed by atoms with van der Waals surface area (Å²) in [4.78, 5) is 0. The van der Waals surface area contributed by atoms with E-state index in [0.29, 0.717) is 11.8 Å². The Morgan fingerprint density at radius 1 is 1.19 bits per heavy atom. The minimum atomic E-state index is -0.302. The molecule has 1 N–H and O–H groups in total. The maximum atomic E-state index is 13.7. The van der Waals surface area contributed by atoms with E-state index < -0.39 is 0 Å². The lowest BCUT2D eigenvalue weighted by molar-refractivity contribution is 0.386. The molecule has 0 bridgehead atoms. The molecule has 110 valence electrons. The van der Waals surface area contributed by atoms with Gasteiger partial charge in [0.15, 0.2) is 11.6 Å². The number of benzene rings is 2. The Morgan fingerprint density at radius 2 is 1.95 bits per heavy atom. The number of fused-ring (bicyclic) bond motifs is 1. The fourth-order valence-electron chi connectivity index (χ4n) is 2.87. The zero-order valence-electron chi connectivity index (χ0n) is 12.4. The van der Waals surface area contributed by atoms with Crippen molar-refractivity contribution in [2.75, 3.05) is 12.4 Å². The molecule has 1 aliphatic heterocycles. The van der Waals surface area contributed by atoms with Crippen molar-refractivity contribution in [3.05, 3.63) is 58.9 Å². The molecule has 0 spiro atoms. The first-order valence-corrected chi connectivity index (χ1v) is 7.36. The van der Waals surface area contributed by atoms with Crippen molar-refractivity contribution in [1.29, 1.82) is 0 Å². The molecule has 3 rings (SSSR count). The molecule has 2 nitrogen and oxygen atoms in total. The lowest BCUT2D eigenvalue weighted by atomic mass is 9.95. The summed E-state index contributed by atoms with van der Waals surface area (Å²) in [6.45, 7) is 2.21. The van der Waals surface area contributed by atoms with Gasteiger partial charge < -0.3 is 10.1 Å². The number of hydrogen-bond donors (Lipinski definition) is 1. The first kappa shape index (κ1) is 13.9. The van der Waals surface area contributed by atoms with Crippen molar-refractivity contribution >= 4 is 5.69 Å². The van der Waals surface area contributed by atoms with Crippen LogP contribution in [0, 0.1) is 5.82 Å². The van der Waals surface area contributed by atoms with Crippen LogP contribution < -0.4 is 10.1 Å². The van der Waals surface area contributed by atoms with Gasteiger partial charge in [-0.15, -0.1) is 0 Å². The largest absolute Gasteiger partial charge is 0.494 e. The van der Waals surface area contributed by atoms with Gasteiger partial charge in [0.05, 0.1) is 7.11 Å². The number of halogens is 1. The fourth-order valence-corrected chi connectivity index (χ4v) is 2.87. The molecule has 0 radical (unpaired) electrons. The lowest BCUT2D eigenvalue weighted by Crippen LogP contribution is -2.21. The van der Waals surface area contributed by atoms with Crippen molar-refractivity contribution < 1.29 is 9.13 Å². The topological polar surface area (TPSA) is 21.3 Å². The summed E-state index contributed by atoms with van der Waals surface area (Å²) in [6, 6.07) is 12.2. The first-order chi connectivity index (χ1) is 10.2. The van der Waals surface area contributed by atoms with Gasteiger partial charge in [-0.1, -0.05) is 18.2 Å². The third-order valence-electron chi connectivity index (χ3n) is 4.04. The van der Waals surface area contributed by atoms with Crippen LogP contribution >= 0.6 is 0 Å². The Balaban J connectivity index is 1.80. The van der Waals surface area contributed by atoms with Gasteiger partial charge in [-0.25, -0.2) is 4.39 Å². The van der Waals surface area contributed by atoms with Gasteiger partial charge in [0.1, 0.15) is 0 Å². The van der Waals surface area contributed by atoms with Gasteiger partial charge in [0.25, 0.3) is 0 Å². The molecule has 21 heavy (non-hydrogen) atoms. The molecular formula is C18H20FNO.